The molecule has 5 heteroatoms. The number of carbonyl (C=O) groups excluding carboxylic acids is 2. The lowest BCUT2D eigenvalue weighted by Gasteiger charge is -2.30. The van der Waals surface area contributed by atoms with Gasteiger partial charge in [-0.05, 0) is 42.4 Å². The van der Waals surface area contributed by atoms with Crippen molar-refractivity contribution in [3.8, 4) is 0 Å². The van der Waals surface area contributed by atoms with Crippen molar-refractivity contribution in [3.63, 3.8) is 0 Å². The summed E-state index contributed by atoms with van der Waals surface area (Å²) in [6.45, 7) is 9.50. The van der Waals surface area contributed by atoms with Gasteiger partial charge in [0.2, 0.25) is 5.91 Å². The lowest BCUT2D eigenvalue weighted by molar-refractivity contribution is -0.117. The van der Waals surface area contributed by atoms with Crippen LogP contribution in [0.3, 0.4) is 0 Å². The lowest BCUT2D eigenvalue weighted by Crippen LogP contribution is -2.38. The van der Waals surface area contributed by atoms with E-state index in [0.717, 1.165) is 6.42 Å². The van der Waals surface area contributed by atoms with Crippen LogP contribution in [0, 0.1) is 17.3 Å². The van der Waals surface area contributed by atoms with Crippen LogP contribution in [-0.4, -0.2) is 41.5 Å². The number of aliphatic hydroxyl groups excluding tert-OH is 1. The second-order valence-electron chi connectivity index (χ2n) is 8.25. The molecule has 0 aliphatic heterocycles. The Morgan fingerprint density at radius 2 is 2.00 bits per heavy atom. The molecule has 2 unspecified atom stereocenters. The van der Waals surface area contributed by atoms with Gasteiger partial charge in [-0.2, -0.15) is 0 Å². The predicted octanol–water partition coefficient (Wildman–Crippen LogP) is 3.15. The van der Waals surface area contributed by atoms with Crippen LogP contribution in [0.2, 0.25) is 0 Å². The molecule has 1 aliphatic rings. The Morgan fingerprint density at radius 1 is 1.32 bits per heavy atom. The number of aliphatic hydroxyl groups is 1. The molecule has 25 heavy (non-hydrogen) atoms. The number of hydrogen-bond acceptors (Lipinski definition) is 3. The molecule has 1 aromatic carbocycles. The van der Waals surface area contributed by atoms with Crippen LogP contribution in [0.15, 0.2) is 24.3 Å². The highest BCUT2D eigenvalue weighted by Crippen LogP contribution is 2.38. The van der Waals surface area contributed by atoms with Crippen molar-refractivity contribution in [3.05, 3.63) is 29.8 Å². The Bertz CT molecular complexity index is 622. The predicted molar refractivity (Wildman–Crippen MR) is 99.4 cm³/mol. The first-order valence-corrected chi connectivity index (χ1v) is 9.02. The van der Waals surface area contributed by atoms with Gasteiger partial charge in [-0.1, -0.05) is 33.8 Å². The zero-order chi connectivity index (χ0) is 18.6. The van der Waals surface area contributed by atoms with Gasteiger partial charge in [-0.25, -0.2) is 0 Å². The van der Waals surface area contributed by atoms with Crippen molar-refractivity contribution in [1.29, 1.82) is 0 Å². The molecule has 2 N–H and O–H groups in total. The molecule has 1 aromatic rings. The SMILES string of the molecule is CC1CC1C(=O)Nc1cccc(C(=O)N(CCCO)CC(C)(C)C)c1. The summed E-state index contributed by atoms with van der Waals surface area (Å²) in [6.07, 6.45) is 1.49. The standard InChI is InChI=1S/C20H30N2O3/c1-14-11-17(14)18(24)21-16-8-5-7-15(12-16)19(25)22(9-6-10-23)13-20(2,3)4/h5,7-8,12,14,17,23H,6,9-11,13H2,1-4H3,(H,21,24). The van der Waals surface area contributed by atoms with Crippen LogP contribution in [-0.2, 0) is 4.79 Å². The summed E-state index contributed by atoms with van der Waals surface area (Å²) in [7, 11) is 0. The molecule has 0 radical (unpaired) electrons. The van der Waals surface area contributed by atoms with E-state index < -0.39 is 0 Å². The molecule has 2 amide bonds. The van der Waals surface area contributed by atoms with E-state index >= 15 is 0 Å². The van der Waals surface area contributed by atoms with Crippen molar-refractivity contribution in [2.24, 2.45) is 17.3 Å². The first-order valence-electron chi connectivity index (χ1n) is 9.02. The fourth-order valence-corrected chi connectivity index (χ4v) is 2.92. The molecule has 1 aliphatic carbocycles. The highest BCUT2D eigenvalue weighted by molar-refractivity contribution is 5.98. The molecule has 0 bridgehead atoms. The van der Waals surface area contributed by atoms with Crippen LogP contribution in [0.5, 0.6) is 0 Å². The fourth-order valence-electron chi connectivity index (χ4n) is 2.92. The summed E-state index contributed by atoms with van der Waals surface area (Å²) in [5, 5.41) is 12.0. The second kappa shape index (κ2) is 8.00. The highest BCUT2D eigenvalue weighted by atomic mass is 16.3. The third kappa shape index (κ3) is 5.85. The summed E-state index contributed by atoms with van der Waals surface area (Å²) >= 11 is 0. The normalized spacial score (nSPS) is 19.4. The van der Waals surface area contributed by atoms with Crippen molar-refractivity contribution in [1.82, 2.24) is 4.90 Å². The average Bonchev–Trinajstić information content (AvgIpc) is 3.27. The molecule has 0 aromatic heterocycles. The quantitative estimate of drug-likeness (QED) is 0.797. The van der Waals surface area contributed by atoms with Gasteiger partial charge in [0.05, 0.1) is 0 Å². The monoisotopic (exact) mass is 346 g/mol. The van der Waals surface area contributed by atoms with Crippen LogP contribution in [0.4, 0.5) is 5.69 Å². The van der Waals surface area contributed by atoms with Gasteiger partial charge in [-0.15, -0.1) is 0 Å². The maximum Gasteiger partial charge on any atom is 0.253 e. The van der Waals surface area contributed by atoms with E-state index in [0.29, 0.717) is 36.7 Å². The first-order chi connectivity index (χ1) is 11.7. The zero-order valence-corrected chi connectivity index (χ0v) is 15.7. The largest absolute Gasteiger partial charge is 0.396 e. The Morgan fingerprint density at radius 3 is 2.56 bits per heavy atom. The van der Waals surface area contributed by atoms with E-state index in [4.69, 9.17) is 5.11 Å². The number of benzene rings is 1. The Kier molecular flexibility index (Phi) is 6.22. The number of amides is 2. The second-order valence-corrected chi connectivity index (χ2v) is 8.25. The number of anilines is 1. The Balaban J connectivity index is 2.10. The molecule has 0 saturated heterocycles. The summed E-state index contributed by atoms with van der Waals surface area (Å²) in [4.78, 5) is 26.8. The molecular formula is C20H30N2O3. The van der Waals surface area contributed by atoms with Gasteiger partial charge in [0.25, 0.3) is 5.91 Å². The van der Waals surface area contributed by atoms with Crippen molar-refractivity contribution >= 4 is 17.5 Å². The minimum atomic E-state index is -0.0701. The lowest BCUT2D eigenvalue weighted by atomic mass is 9.95. The van der Waals surface area contributed by atoms with Crippen molar-refractivity contribution in [2.45, 2.75) is 40.5 Å². The smallest absolute Gasteiger partial charge is 0.253 e. The van der Waals surface area contributed by atoms with E-state index in [1.165, 1.54) is 0 Å². The van der Waals surface area contributed by atoms with Gasteiger partial charge < -0.3 is 15.3 Å². The molecule has 5 nitrogen and oxygen atoms in total. The van der Waals surface area contributed by atoms with E-state index in [2.05, 4.69) is 33.0 Å². The molecule has 1 saturated carbocycles. The summed E-state index contributed by atoms with van der Waals surface area (Å²) in [5.74, 6) is 0.509. The van der Waals surface area contributed by atoms with E-state index in [9.17, 15) is 9.59 Å². The molecular weight excluding hydrogens is 316 g/mol. The summed E-state index contributed by atoms with van der Waals surface area (Å²) < 4.78 is 0. The number of rotatable bonds is 7. The maximum absolute atomic E-state index is 12.9. The topological polar surface area (TPSA) is 69.6 Å². The van der Waals surface area contributed by atoms with E-state index in [1.807, 2.05) is 6.07 Å². The fraction of sp³-hybridized carbons (Fsp3) is 0.600. The van der Waals surface area contributed by atoms with Crippen molar-refractivity contribution in [2.75, 3.05) is 25.0 Å². The average molecular weight is 346 g/mol. The Hall–Kier alpha value is -1.88. The van der Waals surface area contributed by atoms with Crippen LogP contribution in [0.1, 0.15) is 50.9 Å². The molecule has 138 valence electrons. The number of nitrogens with zero attached hydrogens (tertiary/aromatic N) is 1. The highest BCUT2D eigenvalue weighted by Gasteiger charge is 2.39. The summed E-state index contributed by atoms with van der Waals surface area (Å²) in [6, 6.07) is 7.11. The van der Waals surface area contributed by atoms with Gasteiger partial charge >= 0.3 is 0 Å². The van der Waals surface area contributed by atoms with Gasteiger partial charge in [0, 0.05) is 36.9 Å². The minimum Gasteiger partial charge on any atom is -0.396 e. The van der Waals surface area contributed by atoms with E-state index in [-0.39, 0.29) is 29.8 Å². The Labute approximate surface area is 150 Å². The van der Waals surface area contributed by atoms with Crippen LogP contribution in [0.25, 0.3) is 0 Å². The number of hydrogen-bond donors (Lipinski definition) is 2. The molecule has 2 atom stereocenters. The number of carbonyl (C=O) groups is 2. The third-order valence-corrected chi connectivity index (χ3v) is 4.36. The van der Waals surface area contributed by atoms with E-state index in [1.54, 1.807) is 23.1 Å². The van der Waals surface area contributed by atoms with Crippen LogP contribution < -0.4 is 5.32 Å². The molecule has 0 spiro atoms. The van der Waals surface area contributed by atoms with Gasteiger partial charge in [0.1, 0.15) is 0 Å². The maximum atomic E-state index is 12.9. The van der Waals surface area contributed by atoms with Gasteiger partial charge in [-0.3, -0.25) is 9.59 Å². The van der Waals surface area contributed by atoms with Gasteiger partial charge in [0.15, 0.2) is 0 Å². The minimum absolute atomic E-state index is 0.0287. The molecule has 2 rings (SSSR count). The first kappa shape index (κ1) is 19.4. The van der Waals surface area contributed by atoms with Crippen LogP contribution >= 0.6 is 0 Å². The number of nitrogens with one attached hydrogen (secondary N) is 1. The zero-order valence-electron chi connectivity index (χ0n) is 15.7. The van der Waals surface area contributed by atoms with Crippen molar-refractivity contribution < 1.29 is 14.7 Å². The third-order valence-electron chi connectivity index (χ3n) is 4.36. The molecule has 1 fully saturated rings. The molecule has 0 heterocycles. The summed E-state index contributed by atoms with van der Waals surface area (Å²) in [5.41, 5.74) is 1.19.